The Morgan fingerprint density at radius 2 is 2.05 bits per heavy atom. The van der Waals surface area contributed by atoms with Crippen LogP contribution in [0.15, 0.2) is 52.9 Å². The molecule has 1 aliphatic rings. The first-order valence-corrected chi connectivity index (χ1v) is 8.26. The van der Waals surface area contributed by atoms with E-state index < -0.39 is 21.2 Å². The van der Waals surface area contributed by atoms with E-state index in [1.54, 1.807) is 31.2 Å². The van der Waals surface area contributed by atoms with Gasteiger partial charge in [-0.05, 0) is 19.1 Å². The van der Waals surface area contributed by atoms with Crippen molar-refractivity contribution >= 4 is 32.9 Å². The van der Waals surface area contributed by atoms with Crippen molar-refractivity contribution < 1.29 is 13.2 Å². The lowest BCUT2D eigenvalue weighted by atomic mass is 10.4. The maximum Gasteiger partial charge on any atom is 0.272 e. The summed E-state index contributed by atoms with van der Waals surface area (Å²) in [5, 5.41) is -0.261. The van der Waals surface area contributed by atoms with Gasteiger partial charge in [0.2, 0.25) is 0 Å². The van der Waals surface area contributed by atoms with Crippen molar-refractivity contribution in [2.24, 2.45) is 4.99 Å². The lowest BCUT2D eigenvalue weighted by Crippen LogP contribution is -2.37. The number of aliphatic imine (C=N–C) groups is 1. The second-order valence-corrected chi connectivity index (χ2v) is 7.19. The van der Waals surface area contributed by atoms with Crippen molar-refractivity contribution in [2.75, 3.05) is 6.54 Å². The molecular weight excluding hydrogens is 296 g/mol. The molecule has 0 bridgehead atoms. The van der Waals surface area contributed by atoms with Crippen LogP contribution in [0, 0.1) is 0 Å². The van der Waals surface area contributed by atoms with Crippen molar-refractivity contribution in [1.29, 1.82) is 0 Å². The van der Waals surface area contributed by atoms with Crippen LogP contribution in [0.1, 0.15) is 6.92 Å². The molecule has 1 amide bonds. The van der Waals surface area contributed by atoms with E-state index in [0.29, 0.717) is 0 Å². The third-order valence-corrected chi connectivity index (χ3v) is 5.54. The predicted molar refractivity (Wildman–Crippen MR) is 80.0 cm³/mol. The third-order valence-electron chi connectivity index (χ3n) is 2.64. The number of hydrogen-bond donors (Lipinski definition) is 0. The lowest BCUT2D eigenvalue weighted by Gasteiger charge is -2.16. The fraction of sp³-hybridized carbons (Fsp3) is 0.231. The van der Waals surface area contributed by atoms with Crippen LogP contribution in [-0.2, 0) is 14.8 Å². The molecule has 0 radical (unpaired) electrons. The summed E-state index contributed by atoms with van der Waals surface area (Å²) in [6, 6.07) is 7.87. The minimum Gasteiger partial charge on any atom is -0.272 e. The topological polar surface area (TPSA) is 66.8 Å². The van der Waals surface area contributed by atoms with Gasteiger partial charge in [0.1, 0.15) is 0 Å². The van der Waals surface area contributed by atoms with E-state index in [-0.39, 0.29) is 16.6 Å². The third kappa shape index (κ3) is 2.64. The minimum atomic E-state index is -3.90. The molecule has 1 heterocycles. The van der Waals surface area contributed by atoms with Gasteiger partial charge in [-0.25, -0.2) is 8.42 Å². The number of thioether (sulfide) groups is 1. The number of sulfonamides is 1. The van der Waals surface area contributed by atoms with Crippen molar-refractivity contribution in [3.05, 3.63) is 43.0 Å². The van der Waals surface area contributed by atoms with Gasteiger partial charge in [0.25, 0.3) is 15.9 Å². The molecule has 1 fully saturated rings. The Bertz CT molecular complexity index is 653. The highest BCUT2D eigenvalue weighted by molar-refractivity contribution is 8.17. The number of carbonyl (C=O) groups is 1. The van der Waals surface area contributed by atoms with Crippen molar-refractivity contribution in [1.82, 2.24) is 4.31 Å². The van der Waals surface area contributed by atoms with Crippen molar-refractivity contribution in [2.45, 2.75) is 17.1 Å². The second kappa shape index (κ2) is 5.80. The summed E-state index contributed by atoms with van der Waals surface area (Å²) < 4.78 is 25.9. The zero-order valence-electron chi connectivity index (χ0n) is 10.9. The molecule has 1 aromatic carbocycles. The first-order valence-electron chi connectivity index (χ1n) is 5.94. The summed E-state index contributed by atoms with van der Waals surface area (Å²) >= 11 is 1.14. The normalized spacial score (nSPS) is 21.4. The molecule has 5 nitrogen and oxygen atoms in total. The van der Waals surface area contributed by atoms with Crippen LogP contribution < -0.4 is 0 Å². The SMILES string of the molecule is C=CCN=C1S[C@H](C)C(=O)N1S(=O)(=O)c1ccccc1. The minimum absolute atomic E-state index is 0.0781. The number of amidine groups is 1. The van der Waals surface area contributed by atoms with Gasteiger partial charge in [0.15, 0.2) is 5.17 Å². The van der Waals surface area contributed by atoms with E-state index in [1.807, 2.05) is 0 Å². The van der Waals surface area contributed by atoms with E-state index in [2.05, 4.69) is 11.6 Å². The number of benzene rings is 1. The smallest absolute Gasteiger partial charge is 0.272 e. The Morgan fingerprint density at radius 3 is 2.65 bits per heavy atom. The Hall–Kier alpha value is -1.60. The average molecular weight is 310 g/mol. The number of nitrogens with zero attached hydrogens (tertiary/aromatic N) is 2. The number of hydrogen-bond acceptors (Lipinski definition) is 5. The predicted octanol–water partition coefficient (Wildman–Crippen LogP) is 1.88. The molecule has 1 atom stereocenters. The first-order chi connectivity index (χ1) is 9.48. The van der Waals surface area contributed by atoms with Crippen LogP contribution in [0.3, 0.4) is 0 Å². The zero-order chi connectivity index (χ0) is 14.8. The van der Waals surface area contributed by atoms with Gasteiger partial charge in [-0.3, -0.25) is 9.79 Å². The van der Waals surface area contributed by atoms with Gasteiger partial charge in [0, 0.05) is 0 Å². The molecule has 1 aromatic rings. The van der Waals surface area contributed by atoms with Crippen LogP contribution in [0.25, 0.3) is 0 Å². The molecule has 20 heavy (non-hydrogen) atoms. The molecule has 0 aromatic heterocycles. The van der Waals surface area contributed by atoms with Gasteiger partial charge in [0.05, 0.1) is 16.7 Å². The highest BCUT2D eigenvalue weighted by Crippen LogP contribution is 2.31. The zero-order valence-corrected chi connectivity index (χ0v) is 12.5. The van der Waals surface area contributed by atoms with Gasteiger partial charge in [-0.15, -0.1) is 6.58 Å². The first kappa shape index (κ1) is 14.8. The summed E-state index contributed by atoms with van der Waals surface area (Å²) in [6.07, 6.45) is 1.55. The van der Waals surface area contributed by atoms with Gasteiger partial charge < -0.3 is 0 Å². The van der Waals surface area contributed by atoms with Crippen LogP contribution in [-0.4, -0.2) is 35.6 Å². The van der Waals surface area contributed by atoms with Gasteiger partial charge in [-0.2, -0.15) is 4.31 Å². The monoisotopic (exact) mass is 310 g/mol. The van der Waals surface area contributed by atoms with Gasteiger partial charge >= 0.3 is 0 Å². The Morgan fingerprint density at radius 1 is 1.40 bits per heavy atom. The van der Waals surface area contributed by atoms with Crippen LogP contribution in [0.5, 0.6) is 0 Å². The largest absolute Gasteiger partial charge is 0.272 e. The van der Waals surface area contributed by atoms with E-state index in [4.69, 9.17) is 0 Å². The second-order valence-electron chi connectivity index (χ2n) is 4.09. The van der Waals surface area contributed by atoms with Crippen LogP contribution in [0.2, 0.25) is 0 Å². The van der Waals surface area contributed by atoms with Crippen LogP contribution in [0.4, 0.5) is 0 Å². The maximum atomic E-state index is 12.5. The summed E-state index contributed by atoms with van der Waals surface area (Å²) in [5.74, 6) is -0.471. The van der Waals surface area contributed by atoms with Crippen molar-refractivity contribution in [3.8, 4) is 0 Å². The highest BCUT2D eigenvalue weighted by atomic mass is 32.2. The Kier molecular flexibility index (Phi) is 4.29. The van der Waals surface area contributed by atoms with Crippen molar-refractivity contribution in [3.63, 3.8) is 0 Å². The summed E-state index contributed by atoms with van der Waals surface area (Å²) in [5.41, 5.74) is 0. The van der Waals surface area contributed by atoms with E-state index >= 15 is 0 Å². The molecule has 0 saturated carbocycles. The molecule has 1 saturated heterocycles. The van der Waals surface area contributed by atoms with E-state index in [1.165, 1.54) is 12.1 Å². The maximum absolute atomic E-state index is 12.5. The quantitative estimate of drug-likeness (QED) is 0.796. The number of rotatable bonds is 4. The molecule has 0 spiro atoms. The number of carbonyl (C=O) groups excluding carboxylic acids is 1. The van der Waals surface area contributed by atoms with Crippen LogP contribution >= 0.6 is 11.8 Å². The molecule has 0 aliphatic carbocycles. The summed E-state index contributed by atoms with van der Waals surface area (Å²) in [7, 11) is -3.90. The summed E-state index contributed by atoms with van der Waals surface area (Å²) in [6.45, 7) is 5.47. The van der Waals surface area contributed by atoms with Gasteiger partial charge in [-0.1, -0.05) is 36.0 Å². The standard InChI is InChI=1S/C13H14N2O3S2/c1-3-9-14-13-15(12(16)10(2)19-13)20(17,18)11-7-5-4-6-8-11/h3-8,10H,1,9H2,2H3/t10-/m1/s1. The molecule has 0 N–H and O–H groups in total. The highest BCUT2D eigenvalue weighted by Gasteiger charge is 2.43. The average Bonchev–Trinajstić information content (AvgIpc) is 2.73. The fourth-order valence-electron chi connectivity index (χ4n) is 1.68. The Balaban J connectivity index is 2.47. The molecular formula is C13H14N2O3S2. The molecule has 7 heteroatoms. The van der Waals surface area contributed by atoms with E-state index in [9.17, 15) is 13.2 Å². The molecule has 1 aliphatic heterocycles. The lowest BCUT2D eigenvalue weighted by molar-refractivity contribution is -0.122. The Labute approximate surface area is 122 Å². The molecule has 0 unspecified atom stereocenters. The molecule has 2 rings (SSSR count). The summed E-state index contributed by atoms with van der Waals surface area (Å²) in [4.78, 5) is 16.3. The molecule has 106 valence electrons. The fourth-order valence-corrected chi connectivity index (χ4v) is 4.40. The van der Waals surface area contributed by atoms with E-state index in [0.717, 1.165) is 16.1 Å². The number of amides is 1.